The molecule has 0 aromatic carbocycles. The minimum atomic E-state index is -1.11. The molecular weight excluding hydrogens is 480 g/mol. The van der Waals surface area contributed by atoms with Crippen LogP contribution in [0.1, 0.15) is 31.4 Å². The van der Waals surface area contributed by atoms with Crippen LogP contribution in [0.15, 0.2) is 12.5 Å². The van der Waals surface area contributed by atoms with Crippen LogP contribution in [0.5, 0.6) is 0 Å². The van der Waals surface area contributed by atoms with Crippen LogP contribution >= 0.6 is 23.5 Å². The first-order valence-corrected chi connectivity index (χ1v) is 13.9. The molecule has 0 spiro atoms. The van der Waals surface area contributed by atoms with Gasteiger partial charge in [0.25, 0.3) is 0 Å². The molecule has 0 saturated carbocycles. The van der Waals surface area contributed by atoms with Crippen molar-refractivity contribution in [1.82, 2.24) is 25.5 Å². The molecule has 2 heterocycles. The van der Waals surface area contributed by atoms with Crippen molar-refractivity contribution in [2.75, 3.05) is 30.6 Å². The largest absolute Gasteiger partial charge is 0.480 e. The third-order valence-corrected chi connectivity index (χ3v) is 6.91. The Morgan fingerprint density at radius 2 is 1.88 bits per heavy atom. The van der Waals surface area contributed by atoms with E-state index in [2.05, 4.69) is 20.6 Å². The van der Waals surface area contributed by atoms with Crippen LogP contribution in [-0.4, -0.2) is 98.4 Å². The number of hydrogen-bond donors (Lipinski definition) is 5. The van der Waals surface area contributed by atoms with Crippen LogP contribution in [0.25, 0.3) is 0 Å². The number of carboxylic acids is 1. The molecule has 6 N–H and O–H groups in total. The molecular formula is C21H34N6O5S2. The number of aliphatic carboxylic acids is 1. The number of nitrogens with two attached hydrogens (primary N) is 1. The SMILES string of the molecule is CSCCC(NC(=O)C(CCSC)NC(=O)C1CCCN1C(=O)C(N)Cc1cnc[nH]1)C(=O)O. The minimum absolute atomic E-state index is 0.273. The second-order valence-corrected chi connectivity index (χ2v) is 10.1. The van der Waals surface area contributed by atoms with Crippen molar-refractivity contribution >= 4 is 47.2 Å². The fraction of sp³-hybridized carbons (Fsp3) is 0.667. The number of carbonyl (C=O) groups is 4. The van der Waals surface area contributed by atoms with Crippen LogP contribution in [0.3, 0.4) is 0 Å². The van der Waals surface area contributed by atoms with E-state index >= 15 is 0 Å². The lowest BCUT2D eigenvalue weighted by molar-refractivity contribution is -0.143. The maximum absolute atomic E-state index is 13.1. The molecule has 1 saturated heterocycles. The maximum atomic E-state index is 13.1. The number of nitrogens with zero attached hydrogens (tertiary/aromatic N) is 2. The third-order valence-electron chi connectivity index (χ3n) is 5.62. The van der Waals surface area contributed by atoms with Gasteiger partial charge in [-0.15, -0.1) is 0 Å². The monoisotopic (exact) mass is 514 g/mol. The van der Waals surface area contributed by atoms with E-state index in [1.165, 1.54) is 34.8 Å². The summed E-state index contributed by atoms with van der Waals surface area (Å²) in [6.07, 6.45) is 8.86. The van der Waals surface area contributed by atoms with Crippen molar-refractivity contribution in [2.45, 2.75) is 56.3 Å². The minimum Gasteiger partial charge on any atom is -0.480 e. The molecule has 3 amide bonds. The Morgan fingerprint density at radius 3 is 2.47 bits per heavy atom. The Hall–Kier alpha value is -2.25. The molecule has 4 atom stereocenters. The number of rotatable bonds is 14. The van der Waals surface area contributed by atoms with Gasteiger partial charge in [0.05, 0.1) is 12.4 Å². The van der Waals surface area contributed by atoms with E-state index in [0.29, 0.717) is 37.3 Å². The van der Waals surface area contributed by atoms with Gasteiger partial charge in [-0.1, -0.05) is 0 Å². The van der Waals surface area contributed by atoms with Crippen LogP contribution in [-0.2, 0) is 25.6 Å². The number of aromatic nitrogens is 2. The molecule has 0 bridgehead atoms. The lowest BCUT2D eigenvalue weighted by atomic mass is 10.1. The summed E-state index contributed by atoms with van der Waals surface area (Å²) in [6, 6.07) is -3.47. The summed E-state index contributed by atoms with van der Waals surface area (Å²) in [5.74, 6) is -1.24. The number of nitrogens with one attached hydrogen (secondary N) is 3. The van der Waals surface area contributed by atoms with Gasteiger partial charge in [-0.3, -0.25) is 14.4 Å². The van der Waals surface area contributed by atoms with Gasteiger partial charge in [-0.2, -0.15) is 23.5 Å². The Bertz CT molecular complexity index is 825. The standard InChI is InChI=1S/C21H34N6O5S2/c1-33-8-5-15(18(28)26-16(21(31)32)6-9-34-2)25-19(29)17-4-3-7-27(17)20(30)14(22)10-13-11-23-12-24-13/h11-12,14-17H,3-10,22H2,1-2H3,(H,23,24)(H,25,29)(H,26,28)(H,31,32). The number of aromatic amines is 1. The highest BCUT2D eigenvalue weighted by atomic mass is 32.2. The number of imidazole rings is 1. The molecule has 1 aromatic rings. The zero-order valence-electron chi connectivity index (χ0n) is 19.5. The highest BCUT2D eigenvalue weighted by Gasteiger charge is 2.38. The van der Waals surface area contributed by atoms with E-state index in [4.69, 9.17) is 5.73 Å². The number of amides is 3. The summed E-state index contributed by atoms with van der Waals surface area (Å²) in [4.78, 5) is 58.7. The zero-order valence-corrected chi connectivity index (χ0v) is 21.1. The molecule has 4 unspecified atom stereocenters. The Kier molecular flexibility index (Phi) is 11.7. The van der Waals surface area contributed by atoms with Crippen LogP contribution < -0.4 is 16.4 Å². The van der Waals surface area contributed by atoms with Gasteiger partial charge >= 0.3 is 5.97 Å². The molecule has 1 aromatic heterocycles. The van der Waals surface area contributed by atoms with E-state index in [1.54, 1.807) is 6.20 Å². The average molecular weight is 515 g/mol. The number of thioether (sulfide) groups is 2. The van der Waals surface area contributed by atoms with E-state index in [0.717, 1.165) is 5.69 Å². The Morgan fingerprint density at radius 1 is 1.21 bits per heavy atom. The first-order valence-electron chi connectivity index (χ1n) is 11.1. The molecule has 2 rings (SSSR count). The van der Waals surface area contributed by atoms with Crippen molar-refractivity contribution in [3.8, 4) is 0 Å². The first kappa shape index (κ1) is 28.0. The summed E-state index contributed by atoms with van der Waals surface area (Å²) in [5, 5.41) is 14.7. The van der Waals surface area contributed by atoms with Gasteiger partial charge < -0.3 is 31.4 Å². The summed E-state index contributed by atoms with van der Waals surface area (Å²) in [6.45, 7) is 0.408. The van der Waals surface area contributed by atoms with Crippen molar-refractivity contribution in [2.24, 2.45) is 5.73 Å². The van der Waals surface area contributed by atoms with E-state index in [9.17, 15) is 24.3 Å². The summed E-state index contributed by atoms with van der Waals surface area (Å²) in [7, 11) is 0. The number of carboxylic acid groups (broad SMARTS) is 1. The number of hydrogen-bond acceptors (Lipinski definition) is 8. The van der Waals surface area contributed by atoms with Gasteiger partial charge in [-0.05, 0) is 49.7 Å². The molecule has 1 aliphatic heterocycles. The average Bonchev–Trinajstić information content (AvgIpc) is 3.50. The highest BCUT2D eigenvalue weighted by molar-refractivity contribution is 7.98. The number of carbonyl (C=O) groups excluding carboxylic acids is 3. The molecule has 0 radical (unpaired) electrons. The Balaban J connectivity index is 2.04. The van der Waals surface area contributed by atoms with Gasteiger partial charge in [0.1, 0.15) is 18.1 Å². The smallest absolute Gasteiger partial charge is 0.326 e. The third kappa shape index (κ3) is 8.20. The first-order chi connectivity index (χ1) is 16.3. The molecule has 1 aliphatic rings. The second kappa shape index (κ2) is 14.2. The predicted molar refractivity (Wildman–Crippen MR) is 132 cm³/mol. The summed E-state index contributed by atoms with van der Waals surface area (Å²) >= 11 is 3.01. The van der Waals surface area contributed by atoms with Crippen molar-refractivity contribution in [3.05, 3.63) is 18.2 Å². The van der Waals surface area contributed by atoms with Crippen molar-refractivity contribution in [3.63, 3.8) is 0 Å². The number of H-pyrrole nitrogens is 1. The van der Waals surface area contributed by atoms with Gasteiger partial charge in [0, 0.05) is 24.9 Å². The van der Waals surface area contributed by atoms with E-state index in [-0.39, 0.29) is 18.7 Å². The molecule has 11 nitrogen and oxygen atoms in total. The van der Waals surface area contributed by atoms with Gasteiger partial charge in [0.15, 0.2) is 0 Å². The fourth-order valence-electron chi connectivity index (χ4n) is 3.77. The van der Waals surface area contributed by atoms with E-state index in [1.807, 2.05) is 12.5 Å². The zero-order chi connectivity index (χ0) is 25.1. The molecule has 0 aliphatic carbocycles. The Labute approximate surface area is 207 Å². The maximum Gasteiger partial charge on any atom is 0.326 e. The van der Waals surface area contributed by atoms with E-state index < -0.39 is 42.0 Å². The van der Waals surface area contributed by atoms with Gasteiger partial charge in [0.2, 0.25) is 17.7 Å². The molecule has 13 heteroatoms. The topological polar surface area (TPSA) is 171 Å². The predicted octanol–water partition coefficient (Wildman–Crippen LogP) is -0.169. The highest BCUT2D eigenvalue weighted by Crippen LogP contribution is 2.19. The molecule has 34 heavy (non-hydrogen) atoms. The van der Waals surface area contributed by atoms with Crippen molar-refractivity contribution in [1.29, 1.82) is 0 Å². The lowest BCUT2D eigenvalue weighted by Gasteiger charge is -2.28. The van der Waals surface area contributed by atoms with Gasteiger partial charge in [-0.25, -0.2) is 9.78 Å². The van der Waals surface area contributed by atoms with Crippen LogP contribution in [0.2, 0.25) is 0 Å². The molecule has 1 fully saturated rings. The normalized spacial score (nSPS) is 18.2. The fourth-order valence-corrected chi connectivity index (χ4v) is 4.72. The quantitative estimate of drug-likeness (QED) is 0.226. The van der Waals surface area contributed by atoms with Crippen LogP contribution in [0.4, 0.5) is 0 Å². The van der Waals surface area contributed by atoms with Crippen LogP contribution in [0, 0.1) is 0 Å². The lowest BCUT2D eigenvalue weighted by Crippen LogP contribution is -2.57. The second-order valence-electron chi connectivity index (χ2n) is 8.10. The van der Waals surface area contributed by atoms with Crippen molar-refractivity contribution < 1.29 is 24.3 Å². The summed E-state index contributed by atoms with van der Waals surface area (Å²) in [5.41, 5.74) is 6.82. The molecule has 190 valence electrons. The summed E-state index contributed by atoms with van der Waals surface area (Å²) < 4.78 is 0. The number of likely N-dealkylation sites (tertiary alicyclic amines) is 1.